The number of ether oxygens (including phenoxy) is 2. The van der Waals surface area contributed by atoms with Gasteiger partial charge in [-0.15, -0.1) is 0 Å². The third kappa shape index (κ3) is 5.52. The van der Waals surface area contributed by atoms with Crippen LogP contribution in [-0.2, 0) is 11.3 Å². The van der Waals surface area contributed by atoms with Crippen LogP contribution in [0.1, 0.15) is 28.5 Å². The Balaban J connectivity index is 1.49. The number of aryl methyl sites for hydroxylation is 2. The van der Waals surface area contributed by atoms with Crippen LogP contribution in [0.4, 0.5) is 0 Å². The van der Waals surface area contributed by atoms with Gasteiger partial charge in [-0.3, -0.25) is 14.4 Å². The maximum atomic E-state index is 12.3. The Morgan fingerprint density at radius 2 is 2.00 bits per heavy atom. The van der Waals surface area contributed by atoms with E-state index in [0.717, 1.165) is 56.4 Å². The number of morpholine rings is 1. The molecule has 144 valence electrons. The van der Waals surface area contributed by atoms with Gasteiger partial charge in [0.2, 0.25) is 0 Å². The minimum absolute atomic E-state index is 0.0296. The second-order valence-corrected chi connectivity index (χ2v) is 6.55. The summed E-state index contributed by atoms with van der Waals surface area (Å²) in [4.78, 5) is 14.7. The van der Waals surface area contributed by atoms with E-state index in [2.05, 4.69) is 10.00 Å². The summed E-state index contributed by atoms with van der Waals surface area (Å²) in [5, 5.41) is 4.31. The molecule has 6 heteroatoms. The molecule has 1 aromatic heterocycles. The molecule has 0 N–H and O–H groups in total. The number of rotatable bonds is 8. The van der Waals surface area contributed by atoms with Gasteiger partial charge in [0.05, 0.1) is 24.5 Å². The van der Waals surface area contributed by atoms with E-state index in [-0.39, 0.29) is 5.78 Å². The predicted molar refractivity (Wildman–Crippen MR) is 105 cm³/mol. The largest absolute Gasteiger partial charge is 0.492 e. The first kappa shape index (κ1) is 19.3. The van der Waals surface area contributed by atoms with Gasteiger partial charge in [0, 0.05) is 32.4 Å². The quantitative estimate of drug-likeness (QED) is 0.529. The zero-order valence-corrected chi connectivity index (χ0v) is 16.1. The molecule has 2 aromatic rings. The Kier molecular flexibility index (Phi) is 6.79. The molecule has 1 aromatic carbocycles. The standard InChI is InChI=1S/C21H27N3O3/c1-3-24-16-20(17(2)22-24)21(25)9-6-18-4-7-19(8-5-18)27-15-12-23-10-13-26-14-11-23/h4-9,16H,3,10-15H2,1-2H3/b9-6+. The summed E-state index contributed by atoms with van der Waals surface area (Å²) in [6.45, 7) is 9.73. The van der Waals surface area contributed by atoms with Crippen molar-refractivity contribution in [2.75, 3.05) is 39.5 Å². The maximum Gasteiger partial charge on any atom is 0.189 e. The van der Waals surface area contributed by atoms with Crippen LogP contribution >= 0.6 is 0 Å². The van der Waals surface area contributed by atoms with Crippen molar-refractivity contribution in [2.45, 2.75) is 20.4 Å². The Labute approximate surface area is 160 Å². The van der Waals surface area contributed by atoms with E-state index < -0.39 is 0 Å². The normalized spacial score (nSPS) is 15.3. The summed E-state index contributed by atoms with van der Waals surface area (Å²) >= 11 is 0. The first-order valence-electron chi connectivity index (χ1n) is 9.45. The highest BCUT2D eigenvalue weighted by molar-refractivity contribution is 6.07. The fourth-order valence-electron chi connectivity index (χ4n) is 2.98. The molecule has 1 saturated heterocycles. The molecular formula is C21H27N3O3. The van der Waals surface area contributed by atoms with E-state index in [4.69, 9.17) is 9.47 Å². The van der Waals surface area contributed by atoms with Gasteiger partial charge in [-0.2, -0.15) is 5.10 Å². The van der Waals surface area contributed by atoms with Crippen LogP contribution in [0.5, 0.6) is 5.75 Å². The molecule has 6 nitrogen and oxygen atoms in total. The molecule has 1 aliphatic heterocycles. The first-order chi connectivity index (χ1) is 13.2. The van der Waals surface area contributed by atoms with Gasteiger partial charge in [0.15, 0.2) is 5.78 Å². The molecule has 0 amide bonds. The minimum Gasteiger partial charge on any atom is -0.492 e. The Morgan fingerprint density at radius 1 is 1.26 bits per heavy atom. The molecule has 1 fully saturated rings. The molecule has 0 bridgehead atoms. The minimum atomic E-state index is -0.0296. The zero-order valence-electron chi connectivity index (χ0n) is 16.1. The van der Waals surface area contributed by atoms with Crippen LogP contribution in [0.3, 0.4) is 0 Å². The van der Waals surface area contributed by atoms with Crippen molar-refractivity contribution in [3.63, 3.8) is 0 Å². The SMILES string of the molecule is CCn1cc(C(=O)/C=C/c2ccc(OCCN3CCOCC3)cc2)c(C)n1. The molecule has 3 rings (SSSR count). The van der Waals surface area contributed by atoms with E-state index in [0.29, 0.717) is 12.2 Å². The van der Waals surface area contributed by atoms with Crippen LogP contribution in [0, 0.1) is 6.92 Å². The Morgan fingerprint density at radius 3 is 2.67 bits per heavy atom. The first-order valence-corrected chi connectivity index (χ1v) is 9.45. The van der Waals surface area contributed by atoms with Crippen molar-refractivity contribution in [3.8, 4) is 5.75 Å². The van der Waals surface area contributed by atoms with Gasteiger partial charge in [-0.25, -0.2) is 0 Å². The van der Waals surface area contributed by atoms with Gasteiger partial charge < -0.3 is 9.47 Å². The second kappa shape index (κ2) is 9.48. The number of benzene rings is 1. The summed E-state index contributed by atoms with van der Waals surface area (Å²) in [5.74, 6) is 0.810. The van der Waals surface area contributed by atoms with E-state index in [1.54, 1.807) is 17.0 Å². The fourth-order valence-corrected chi connectivity index (χ4v) is 2.98. The number of hydrogen-bond donors (Lipinski definition) is 0. The lowest BCUT2D eigenvalue weighted by Crippen LogP contribution is -2.38. The molecular weight excluding hydrogens is 342 g/mol. The zero-order chi connectivity index (χ0) is 19.1. The van der Waals surface area contributed by atoms with E-state index in [1.807, 2.05) is 44.2 Å². The number of carbonyl (C=O) groups is 1. The topological polar surface area (TPSA) is 56.6 Å². The summed E-state index contributed by atoms with van der Waals surface area (Å²) in [5.41, 5.74) is 2.37. The van der Waals surface area contributed by atoms with Gasteiger partial charge in [-0.1, -0.05) is 18.2 Å². The number of hydrogen-bond acceptors (Lipinski definition) is 5. The van der Waals surface area contributed by atoms with Crippen LogP contribution in [-0.4, -0.2) is 59.9 Å². The molecule has 0 saturated carbocycles. The lowest BCUT2D eigenvalue weighted by Gasteiger charge is -2.26. The van der Waals surface area contributed by atoms with Crippen molar-refractivity contribution in [1.82, 2.24) is 14.7 Å². The van der Waals surface area contributed by atoms with Gasteiger partial charge in [0.25, 0.3) is 0 Å². The lowest BCUT2D eigenvalue weighted by atomic mass is 10.1. The molecule has 0 aliphatic carbocycles. The summed E-state index contributed by atoms with van der Waals surface area (Å²) in [6.07, 6.45) is 5.22. The van der Waals surface area contributed by atoms with E-state index in [9.17, 15) is 4.79 Å². The lowest BCUT2D eigenvalue weighted by molar-refractivity contribution is 0.0322. The Hall–Kier alpha value is -2.44. The van der Waals surface area contributed by atoms with Crippen molar-refractivity contribution in [2.24, 2.45) is 0 Å². The second-order valence-electron chi connectivity index (χ2n) is 6.55. The molecule has 0 radical (unpaired) electrons. The van der Waals surface area contributed by atoms with E-state index in [1.165, 1.54) is 0 Å². The van der Waals surface area contributed by atoms with E-state index >= 15 is 0 Å². The van der Waals surface area contributed by atoms with Crippen molar-refractivity contribution in [3.05, 3.63) is 53.4 Å². The number of allylic oxidation sites excluding steroid dienone is 1. The molecule has 0 unspecified atom stereocenters. The van der Waals surface area contributed by atoms with Crippen LogP contribution in [0.2, 0.25) is 0 Å². The smallest absolute Gasteiger partial charge is 0.189 e. The summed E-state index contributed by atoms with van der Waals surface area (Å²) < 4.78 is 12.9. The average molecular weight is 369 g/mol. The van der Waals surface area contributed by atoms with Crippen LogP contribution < -0.4 is 4.74 Å². The van der Waals surface area contributed by atoms with Crippen molar-refractivity contribution >= 4 is 11.9 Å². The predicted octanol–water partition coefficient (Wildman–Crippen LogP) is 2.82. The number of nitrogens with zero attached hydrogens (tertiary/aromatic N) is 3. The van der Waals surface area contributed by atoms with Crippen molar-refractivity contribution in [1.29, 1.82) is 0 Å². The molecule has 0 atom stereocenters. The van der Waals surface area contributed by atoms with Crippen molar-refractivity contribution < 1.29 is 14.3 Å². The van der Waals surface area contributed by atoms with Crippen LogP contribution in [0.25, 0.3) is 6.08 Å². The van der Waals surface area contributed by atoms with Gasteiger partial charge >= 0.3 is 0 Å². The molecule has 2 heterocycles. The highest BCUT2D eigenvalue weighted by Crippen LogP contribution is 2.14. The van der Waals surface area contributed by atoms with Gasteiger partial charge in [0.1, 0.15) is 12.4 Å². The Bertz CT molecular complexity index is 774. The molecule has 1 aliphatic rings. The monoisotopic (exact) mass is 369 g/mol. The maximum absolute atomic E-state index is 12.3. The molecule has 0 spiro atoms. The number of aromatic nitrogens is 2. The van der Waals surface area contributed by atoms with Gasteiger partial charge in [-0.05, 0) is 37.6 Å². The highest BCUT2D eigenvalue weighted by atomic mass is 16.5. The third-order valence-electron chi connectivity index (χ3n) is 4.62. The average Bonchev–Trinajstić information content (AvgIpc) is 3.09. The fraction of sp³-hybridized carbons (Fsp3) is 0.429. The number of carbonyl (C=O) groups excluding carboxylic acids is 1. The number of ketones is 1. The summed E-state index contributed by atoms with van der Waals surface area (Å²) in [6, 6.07) is 7.78. The summed E-state index contributed by atoms with van der Waals surface area (Å²) in [7, 11) is 0. The third-order valence-corrected chi connectivity index (χ3v) is 4.62. The molecule has 27 heavy (non-hydrogen) atoms. The van der Waals surface area contributed by atoms with Crippen LogP contribution in [0.15, 0.2) is 36.5 Å². The highest BCUT2D eigenvalue weighted by Gasteiger charge is 2.11.